The van der Waals surface area contributed by atoms with Gasteiger partial charge in [-0.2, -0.15) is 0 Å². The molecule has 1 amide bonds. The largest absolute Gasteiger partial charge is 0.494 e. The Balaban J connectivity index is 1.36. The van der Waals surface area contributed by atoms with Gasteiger partial charge in [0, 0.05) is 11.1 Å². The summed E-state index contributed by atoms with van der Waals surface area (Å²) >= 11 is 5.38. The highest BCUT2D eigenvalue weighted by Gasteiger charge is 2.28. The van der Waals surface area contributed by atoms with Gasteiger partial charge in [-0.15, -0.1) is 0 Å². The van der Waals surface area contributed by atoms with Crippen molar-refractivity contribution in [2.45, 2.75) is 79.1 Å². The Hall–Kier alpha value is -2.60. The first-order chi connectivity index (χ1) is 17.2. The molecule has 0 unspecified atom stereocenters. The summed E-state index contributed by atoms with van der Waals surface area (Å²) in [6.07, 6.45) is 9.38. The Morgan fingerprint density at radius 3 is 2.44 bits per heavy atom. The number of thiocarbonyl (C=S) groups is 1. The van der Waals surface area contributed by atoms with Crippen molar-refractivity contribution in [2.75, 3.05) is 18.5 Å². The molecule has 2 N–H and O–H groups in total. The van der Waals surface area contributed by atoms with Crippen LogP contribution in [-0.4, -0.2) is 24.2 Å². The Morgan fingerprint density at radius 1 is 1.00 bits per heavy atom. The third-order valence-corrected chi connectivity index (χ3v) is 7.22. The van der Waals surface area contributed by atoms with Crippen molar-refractivity contribution in [3.05, 3.63) is 53.6 Å². The van der Waals surface area contributed by atoms with E-state index in [9.17, 15) is 4.79 Å². The summed E-state index contributed by atoms with van der Waals surface area (Å²) < 4.78 is 11.9. The van der Waals surface area contributed by atoms with Crippen LogP contribution in [0.25, 0.3) is 0 Å². The number of aryl methyl sites for hydroxylation is 2. The van der Waals surface area contributed by atoms with Crippen molar-refractivity contribution in [1.82, 2.24) is 5.32 Å². The molecule has 0 bridgehead atoms. The molecule has 0 aromatic heterocycles. The summed E-state index contributed by atoms with van der Waals surface area (Å²) in [4.78, 5) is 12.8. The molecule has 0 radical (unpaired) electrons. The van der Waals surface area contributed by atoms with E-state index in [4.69, 9.17) is 21.7 Å². The number of amides is 1. The average Bonchev–Trinajstić information content (AvgIpc) is 2.85. The van der Waals surface area contributed by atoms with Crippen molar-refractivity contribution >= 4 is 28.9 Å². The van der Waals surface area contributed by atoms with E-state index in [1.165, 1.54) is 37.7 Å². The van der Waals surface area contributed by atoms with E-state index in [0.29, 0.717) is 18.1 Å². The van der Waals surface area contributed by atoms with Crippen LogP contribution in [-0.2, 0) is 4.79 Å². The lowest BCUT2D eigenvalue weighted by Gasteiger charge is -2.24. The minimum Gasteiger partial charge on any atom is -0.494 e. The number of benzene rings is 2. The summed E-state index contributed by atoms with van der Waals surface area (Å²) in [6, 6.07) is 13.9. The molecule has 0 spiro atoms. The molecular formula is C30H42N2O3S. The van der Waals surface area contributed by atoms with E-state index in [-0.39, 0.29) is 5.91 Å². The second kappa shape index (κ2) is 13.6. The topological polar surface area (TPSA) is 59.6 Å². The summed E-state index contributed by atoms with van der Waals surface area (Å²) in [6.45, 7) is 9.29. The third kappa shape index (κ3) is 9.12. The number of hydrogen-bond acceptors (Lipinski definition) is 4. The first-order valence-electron chi connectivity index (χ1n) is 13.3. The van der Waals surface area contributed by atoms with E-state index in [0.717, 1.165) is 48.1 Å². The van der Waals surface area contributed by atoms with Gasteiger partial charge < -0.3 is 20.1 Å². The van der Waals surface area contributed by atoms with E-state index in [1.54, 1.807) is 0 Å². The molecule has 6 heteroatoms. The zero-order valence-electron chi connectivity index (χ0n) is 22.3. The number of carbonyl (C=O) groups is 1. The normalized spacial score (nSPS) is 14.2. The van der Waals surface area contributed by atoms with Crippen LogP contribution in [0, 0.1) is 25.2 Å². The highest BCUT2D eigenvalue weighted by molar-refractivity contribution is 7.80. The van der Waals surface area contributed by atoms with Gasteiger partial charge in [-0.1, -0.05) is 58.1 Å². The molecule has 1 aliphatic carbocycles. The SMILES string of the molecule is Cc1ccc(C)c(OCCCC(C)(C)C(=O)NC(=S)Nc2ccc(OCCC3CCCCC3)cc2)c1. The Kier molecular flexibility index (Phi) is 10.6. The third-order valence-electron chi connectivity index (χ3n) is 7.02. The maximum atomic E-state index is 12.8. The van der Waals surface area contributed by atoms with Crippen LogP contribution in [0.5, 0.6) is 11.5 Å². The molecule has 0 saturated heterocycles. The molecule has 36 heavy (non-hydrogen) atoms. The lowest BCUT2D eigenvalue weighted by Crippen LogP contribution is -2.42. The minimum atomic E-state index is -0.563. The molecule has 2 aromatic rings. The lowest BCUT2D eigenvalue weighted by atomic mass is 9.87. The quantitative estimate of drug-likeness (QED) is 0.244. The van der Waals surface area contributed by atoms with Crippen molar-refractivity contribution in [2.24, 2.45) is 11.3 Å². The highest BCUT2D eigenvalue weighted by atomic mass is 32.1. The van der Waals surface area contributed by atoms with Gasteiger partial charge in [0.05, 0.1) is 13.2 Å². The lowest BCUT2D eigenvalue weighted by molar-refractivity contribution is -0.128. The van der Waals surface area contributed by atoms with Crippen LogP contribution in [0.2, 0.25) is 0 Å². The van der Waals surface area contributed by atoms with Crippen LogP contribution in [0.15, 0.2) is 42.5 Å². The molecule has 1 aliphatic rings. The summed E-state index contributed by atoms with van der Waals surface area (Å²) in [7, 11) is 0. The Morgan fingerprint density at radius 2 is 1.72 bits per heavy atom. The van der Waals surface area contributed by atoms with Gasteiger partial charge >= 0.3 is 0 Å². The van der Waals surface area contributed by atoms with Crippen LogP contribution >= 0.6 is 12.2 Å². The Labute approximate surface area is 222 Å². The molecule has 2 aromatic carbocycles. The van der Waals surface area contributed by atoms with Crippen molar-refractivity contribution < 1.29 is 14.3 Å². The fourth-order valence-electron chi connectivity index (χ4n) is 4.56. The number of nitrogens with one attached hydrogen (secondary N) is 2. The van der Waals surface area contributed by atoms with E-state index < -0.39 is 5.41 Å². The second-order valence-corrected chi connectivity index (χ2v) is 11.1. The molecule has 196 valence electrons. The van der Waals surface area contributed by atoms with Gasteiger partial charge in [-0.25, -0.2) is 0 Å². The number of hydrogen-bond donors (Lipinski definition) is 2. The maximum Gasteiger partial charge on any atom is 0.231 e. The number of ether oxygens (including phenoxy) is 2. The number of carbonyl (C=O) groups excluding carboxylic acids is 1. The first-order valence-corrected chi connectivity index (χ1v) is 13.7. The smallest absolute Gasteiger partial charge is 0.231 e. The van der Waals surface area contributed by atoms with Crippen LogP contribution < -0.4 is 20.1 Å². The van der Waals surface area contributed by atoms with Crippen molar-refractivity contribution in [1.29, 1.82) is 0 Å². The number of rotatable bonds is 11. The summed E-state index contributed by atoms with van der Waals surface area (Å²) in [5.41, 5.74) is 2.55. The minimum absolute atomic E-state index is 0.102. The zero-order valence-corrected chi connectivity index (χ0v) is 23.1. The van der Waals surface area contributed by atoms with Crippen molar-refractivity contribution in [3.63, 3.8) is 0 Å². The fourth-order valence-corrected chi connectivity index (χ4v) is 4.77. The van der Waals surface area contributed by atoms with Gasteiger partial charge in [-0.05, 0) is 92.7 Å². The van der Waals surface area contributed by atoms with Crippen molar-refractivity contribution in [3.8, 4) is 11.5 Å². The van der Waals surface area contributed by atoms with Gasteiger partial charge in [0.1, 0.15) is 11.5 Å². The predicted molar refractivity (Wildman–Crippen MR) is 152 cm³/mol. The average molecular weight is 511 g/mol. The van der Waals surface area contributed by atoms with Gasteiger partial charge in [-0.3, -0.25) is 4.79 Å². The molecule has 1 saturated carbocycles. The second-order valence-electron chi connectivity index (χ2n) is 10.7. The molecule has 0 atom stereocenters. The molecular weight excluding hydrogens is 468 g/mol. The molecule has 0 heterocycles. The maximum absolute atomic E-state index is 12.8. The molecule has 5 nitrogen and oxygen atoms in total. The van der Waals surface area contributed by atoms with E-state index >= 15 is 0 Å². The first kappa shape index (κ1) is 28.0. The van der Waals surface area contributed by atoms with Crippen LogP contribution in [0.3, 0.4) is 0 Å². The Bertz CT molecular complexity index is 998. The van der Waals surface area contributed by atoms with E-state index in [1.807, 2.05) is 51.1 Å². The standard InChI is InChI=1S/C30H42N2O3S/c1-22-11-12-23(2)27(21-22)35-19-8-18-30(3,4)28(33)32-29(36)31-25-13-15-26(16-14-25)34-20-17-24-9-6-5-7-10-24/h11-16,21,24H,5-10,17-20H2,1-4H3,(H2,31,32,33,36). The highest BCUT2D eigenvalue weighted by Crippen LogP contribution is 2.27. The van der Waals surface area contributed by atoms with Gasteiger partial charge in [0.15, 0.2) is 5.11 Å². The predicted octanol–water partition coefficient (Wildman–Crippen LogP) is 7.35. The molecule has 3 rings (SSSR count). The van der Waals surface area contributed by atoms with E-state index in [2.05, 4.69) is 29.7 Å². The summed E-state index contributed by atoms with van der Waals surface area (Å²) in [5, 5.41) is 6.23. The van der Waals surface area contributed by atoms with Gasteiger partial charge in [0.2, 0.25) is 5.91 Å². The zero-order chi connectivity index (χ0) is 26.0. The number of anilines is 1. The van der Waals surface area contributed by atoms with Crippen LogP contribution in [0.4, 0.5) is 5.69 Å². The summed E-state index contributed by atoms with van der Waals surface area (Å²) in [5.74, 6) is 2.47. The fraction of sp³-hybridized carbons (Fsp3) is 0.533. The van der Waals surface area contributed by atoms with Crippen LogP contribution in [0.1, 0.15) is 76.3 Å². The monoisotopic (exact) mass is 510 g/mol. The van der Waals surface area contributed by atoms with Gasteiger partial charge in [0.25, 0.3) is 0 Å². The molecule has 1 fully saturated rings. The molecule has 0 aliphatic heterocycles.